The Balaban J connectivity index is 1.50. The second-order valence-corrected chi connectivity index (χ2v) is 9.23. The first-order valence-corrected chi connectivity index (χ1v) is 11.7. The molecular weight excluding hydrogens is 456 g/mol. The number of rotatable bonds is 8. The average Bonchev–Trinajstić information content (AvgIpc) is 3.36. The Kier molecular flexibility index (Phi) is 6.65. The van der Waals surface area contributed by atoms with E-state index in [0.717, 1.165) is 9.87 Å². The van der Waals surface area contributed by atoms with Gasteiger partial charge in [-0.25, -0.2) is 13.2 Å². The van der Waals surface area contributed by atoms with Crippen LogP contribution in [0.1, 0.15) is 16.1 Å². The molecule has 0 unspecified atom stereocenters. The Labute approximate surface area is 197 Å². The normalized spacial score (nSPS) is 11.1. The predicted octanol–water partition coefficient (Wildman–Crippen LogP) is 4.53. The number of methoxy groups -OCH3 is 1. The van der Waals surface area contributed by atoms with Gasteiger partial charge in [-0.2, -0.15) is 0 Å². The molecule has 0 atom stereocenters. The smallest absolute Gasteiger partial charge is 0.339 e. The third kappa shape index (κ3) is 4.79. The van der Waals surface area contributed by atoms with E-state index in [9.17, 15) is 13.2 Å². The fourth-order valence-corrected chi connectivity index (χ4v) is 4.65. The van der Waals surface area contributed by atoms with Crippen molar-refractivity contribution in [1.29, 1.82) is 0 Å². The molecule has 0 spiro atoms. The second-order valence-electron chi connectivity index (χ2n) is 7.29. The summed E-state index contributed by atoms with van der Waals surface area (Å²) >= 11 is 0. The van der Waals surface area contributed by atoms with Gasteiger partial charge in [0.2, 0.25) is 0 Å². The molecule has 1 heterocycles. The first-order valence-electron chi connectivity index (χ1n) is 10.3. The summed E-state index contributed by atoms with van der Waals surface area (Å²) in [4.78, 5) is 12.7. The summed E-state index contributed by atoms with van der Waals surface area (Å²) in [5, 5.41) is 4.00. The highest BCUT2D eigenvalue weighted by molar-refractivity contribution is 7.92. The van der Waals surface area contributed by atoms with Crippen LogP contribution in [0.2, 0.25) is 0 Å². The van der Waals surface area contributed by atoms with Crippen LogP contribution < -0.4 is 9.04 Å². The largest absolute Gasteiger partial charge is 0.497 e. The highest BCUT2D eigenvalue weighted by atomic mass is 32.2. The van der Waals surface area contributed by atoms with Crippen LogP contribution >= 0.6 is 0 Å². The third-order valence-electron chi connectivity index (χ3n) is 5.16. The number of hydrogen-bond donors (Lipinski definition) is 0. The van der Waals surface area contributed by atoms with Crippen LogP contribution in [0.5, 0.6) is 5.75 Å². The van der Waals surface area contributed by atoms with Crippen LogP contribution in [-0.4, -0.2) is 33.7 Å². The number of hydrogen-bond acceptors (Lipinski definition) is 7. The SMILES string of the molecule is COc1ccc(-c2cc(COC(=O)c3ccccc3S(=O)(=O)N(C)c3ccccc3)on2)cc1. The Morgan fingerprint density at radius 1 is 0.971 bits per heavy atom. The first-order chi connectivity index (χ1) is 16.4. The zero-order valence-electron chi connectivity index (χ0n) is 18.5. The minimum absolute atomic E-state index is 0.0693. The van der Waals surface area contributed by atoms with Crippen LogP contribution in [0.4, 0.5) is 5.69 Å². The topological polar surface area (TPSA) is 98.9 Å². The van der Waals surface area contributed by atoms with Crippen LogP contribution in [0.3, 0.4) is 0 Å². The molecule has 4 aromatic rings. The number of ether oxygens (including phenoxy) is 2. The van der Waals surface area contributed by atoms with E-state index in [-0.39, 0.29) is 17.1 Å². The van der Waals surface area contributed by atoms with E-state index in [1.807, 2.05) is 12.1 Å². The van der Waals surface area contributed by atoms with Crippen molar-refractivity contribution in [2.24, 2.45) is 0 Å². The van der Waals surface area contributed by atoms with Crippen LogP contribution in [0.25, 0.3) is 11.3 Å². The zero-order chi connectivity index (χ0) is 24.1. The van der Waals surface area contributed by atoms with Gasteiger partial charge in [-0.1, -0.05) is 35.5 Å². The van der Waals surface area contributed by atoms with Gasteiger partial charge in [0.15, 0.2) is 12.4 Å². The molecule has 174 valence electrons. The Bertz CT molecular complexity index is 1380. The molecule has 4 rings (SSSR count). The molecule has 0 N–H and O–H groups in total. The van der Waals surface area contributed by atoms with Gasteiger partial charge in [0.05, 0.1) is 18.4 Å². The second kappa shape index (κ2) is 9.80. The molecule has 0 aliphatic carbocycles. The van der Waals surface area contributed by atoms with E-state index in [2.05, 4.69) is 5.16 Å². The van der Waals surface area contributed by atoms with Crippen molar-refractivity contribution in [3.8, 4) is 17.0 Å². The van der Waals surface area contributed by atoms with Gasteiger partial charge < -0.3 is 14.0 Å². The minimum atomic E-state index is -4.00. The highest BCUT2D eigenvalue weighted by Crippen LogP contribution is 2.26. The Hall–Kier alpha value is -4.11. The van der Waals surface area contributed by atoms with Crippen molar-refractivity contribution in [3.05, 3.63) is 96.3 Å². The summed E-state index contributed by atoms with van der Waals surface area (Å²) in [6.45, 7) is -0.203. The summed E-state index contributed by atoms with van der Waals surface area (Å²) in [6, 6.07) is 23.4. The number of esters is 1. The lowest BCUT2D eigenvalue weighted by atomic mass is 10.1. The summed E-state index contributed by atoms with van der Waals surface area (Å²) in [7, 11) is -0.985. The molecule has 0 saturated carbocycles. The molecule has 0 aliphatic rings. The fourth-order valence-electron chi connectivity index (χ4n) is 3.28. The van der Waals surface area contributed by atoms with E-state index in [4.69, 9.17) is 14.0 Å². The predicted molar refractivity (Wildman–Crippen MR) is 126 cm³/mol. The first kappa shape index (κ1) is 23.1. The maximum Gasteiger partial charge on any atom is 0.339 e. The standard InChI is InChI=1S/C25H22N2O6S/c1-27(19-8-4-3-5-9-19)34(29,30)24-11-7-6-10-22(24)25(28)32-17-21-16-23(26-33-21)18-12-14-20(31-2)15-13-18/h3-16H,17H2,1-2H3. The molecule has 9 heteroatoms. The number of sulfonamides is 1. The molecule has 0 saturated heterocycles. The average molecular weight is 479 g/mol. The van der Waals surface area contributed by atoms with E-state index in [1.165, 1.54) is 19.2 Å². The van der Waals surface area contributed by atoms with E-state index >= 15 is 0 Å². The molecule has 0 amide bonds. The highest BCUT2D eigenvalue weighted by Gasteiger charge is 2.27. The molecule has 0 bridgehead atoms. The van der Waals surface area contributed by atoms with Gasteiger partial charge >= 0.3 is 5.97 Å². The number of anilines is 1. The lowest BCUT2D eigenvalue weighted by molar-refractivity contribution is 0.0433. The van der Waals surface area contributed by atoms with Crippen molar-refractivity contribution < 1.29 is 27.2 Å². The lowest BCUT2D eigenvalue weighted by Crippen LogP contribution is -2.28. The zero-order valence-corrected chi connectivity index (χ0v) is 19.4. The molecule has 0 radical (unpaired) electrons. The summed E-state index contributed by atoms with van der Waals surface area (Å²) in [5.74, 6) is 0.247. The maximum absolute atomic E-state index is 13.2. The molecule has 3 aromatic carbocycles. The van der Waals surface area contributed by atoms with Crippen LogP contribution in [-0.2, 0) is 21.4 Å². The lowest BCUT2D eigenvalue weighted by Gasteiger charge is -2.20. The summed E-state index contributed by atoms with van der Waals surface area (Å²) in [6.07, 6.45) is 0. The number of nitrogens with zero attached hydrogens (tertiary/aromatic N) is 2. The molecule has 34 heavy (non-hydrogen) atoms. The third-order valence-corrected chi connectivity index (χ3v) is 7.00. The van der Waals surface area contributed by atoms with Crippen molar-refractivity contribution >= 4 is 21.7 Å². The fraction of sp³-hybridized carbons (Fsp3) is 0.120. The number of para-hydroxylation sites is 1. The van der Waals surface area contributed by atoms with Crippen molar-refractivity contribution in [2.75, 3.05) is 18.5 Å². The molecule has 0 fully saturated rings. The monoisotopic (exact) mass is 478 g/mol. The number of benzene rings is 3. The summed E-state index contributed by atoms with van der Waals surface area (Å²) in [5.41, 5.74) is 1.78. The Morgan fingerprint density at radius 2 is 1.65 bits per heavy atom. The van der Waals surface area contributed by atoms with Crippen LogP contribution in [0, 0.1) is 0 Å². The number of aromatic nitrogens is 1. The molecule has 8 nitrogen and oxygen atoms in total. The molecular formula is C25H22N2O6S. The van der Waals surface area contributed by atoms with Crippen molar-refractivity contribution in [3.63, 3.8) is 0 Å². The van der Waals surface area contributed by atoms with Gasteiger partial charge in [0.25, 0.3) is 10.0 Å². The quantitative estimate of drug-likeness (QED) is 0.343. The van der Waals surface area contributed by atoms with Crippen molar-refractivity contribution in [1.82, 2.24) is 5.16 Å². The van der Waals surface area contributed by atoms with Gasteiger partial charge in [-0.05, 0) is 48.5 Å². The van der Waals surface area contributed by atoms with E-state index in [1.54, 1.807) is 67.8 Å². The van der Waals surface area contributed by atoms with Gasteiger partial charge in [0, 0.05) is 18.7 Å². The summed E-state index contributed by atoms with van der Waals surface area (Å²) < 4.78 is 43.3. The molecule has 0 aliphatic heterocycles. The van der Waals surface area contributed by atoms with E-state index < -0.39 is 16.0 Å². The number of carbonyl (C=O) groups is 1. The van der Waals surface area contributed by atoms with E-state index in [0.29, 0.717) is 22.9 Å². The van der Waals surface area contributed by atoms with Gasteiger partial charge in [-0.3, -0.25) is 4.31 Å². The molecule has 1 aromatic heterocycles. The number of carbonyl (C=O) groups excluding carboxylic acids is 1. The van der Waals surface area contributed by atoms with Crippen molar-refractivity contribution in [2.45, 2.75) is 11.5 Å². The minimum Gasteiger partial charge on any atom is -0.497 e. The van der Waals surface area contributed by atoms with Gasteiger partial charge in [0.1, 0.15) is 16.3 Å². The maximum atomic E-state index is 13.2. The van der Waals surface area contributed by atoms with Crippen LogP contribution in [0.15, 0.2) is 94.3 Å². The Morgan fingerprint density at radius 3 is 2.35 bits per heavy atom. The van der Waals surface area contributed by atoms with Gasteiger partial charge in [-0.15, -0.1) is 0 Å².